The first kappa shape index (κ1) is 30.1. The third kappa shape index (κ3) is 7.06. The molecule has 0 unspecified atom stereocenters. The van der Waals surface area contributed by atoms with Gasteiger partial charge in [0.25, 0.3) is 5.91 Å². The minimum atomic E-state index is -3.00. The van der Waals surface area contributed by atoms with Gasteiger partial charge < -0.3 is 19.9 Å². The lowest BCUT2D eigenvalue weighted by molar-refractivity contribution is 0.0713. The van der Waals surface area contributed by atoms with E-state index in [1.54, 1.807) is 9.80 Å². The van der Waals surface area contributed by atoms with Crippen LogP contribution in [-0.4, -0.2) is 85.1 Å². The number of hydrogen-bond donors (Lipinski definition) is 1. The van der Waals surface area contributed by atoms with Gasteiger partial charge in [0, 0.05) is 25.4 Å². The van der Waals surface area contributed by atoms with Crippen molar-refractivity contribution >= 4 is 21.6 Å². The lowest BCUT2D eigenvalue weighted by Gasteiger charge is -2.45. The molecule has 0 spiro atoms. The zero-order valence-corrected chi connectivity index (χ0v) is 24.4. The van der Waals surface area contributed by atoms with Gasteiger partial charge in [-0.1, -0.05) is 0 Å². The number of hydrogen-bond acceptors (Lipinski definition) is 8. The molecule has 1 saturated carbocycles. The van der Waals surface area contributed by atoms with E-state index in [9.17, 15) is 17.6 Å². The van der Waals surface area contributed by atoms with Gasteiger partial charge in [0.05, 0.1) is 30.1 Å². The molecule has 1 aliphatic carbocycles. The van der Waals surface area contributed by atoms with Gasteiger partial charge in [0.2, 0.25) is 0 Å². The molecule has 2 fully saturated rings. The van der Waals surface area contributed by atoms with E-state index in [4.69, 9.17) is 4.74 Å². The summed E-state index contributed by atoms with van der Waals surface area (Å²) in [5, 5.41) is 2.98. The Morgan fingerprint density at radius 1 is 1.23 bits per heavy atom. The number of benzene rings is 1. The average Bonchev–Trinajstić information content (AvgIpc) is 2.88. The predicted octanol–water partition coefficient (Wildman–Crippen LogP) is 4.00. The second-order valence-corrected chi connectivity index (χ2v) is 13.6. The number of nitrogens with one attached hydrogen (secondary N) is 1. The van der Waals surface area contributed by atoms with Crippen LogP contribution in [-0.2, 0) is 9.84 Å². The minimum absolute atomic E-state index is 0.0841. The Kier molecular flexibility index (Phi) is 9.29. The summed E-state index contributed by atoms with van der Waals surface area (Å²) in [5.74, 6) is 0.232. The summed E-state index contributed by atoms with van der Waals surface area (Å²) >= 11 is 0. The molecule has 40 heavy (non-hydrogen) atoms. The lowest BCUT2D eigenvalue weighted by atomic mass is 9.88. The van der Waals surface area contributed by atoms with Crippen LogP contribution >= 0.6 is 0 Å². The maximum atomic E-state index is 15.4. The minimum Gasteiger partial charge on any atom is -0.451 e. The maximum Gasteiger partial charge on any atom is 0.257 e. The van der Waals surface area contributed by atoms with E-state index in [-0.39, 0.29) is 53.9 Å². The van der Waals surface area contributed by atoms with E-state index in [0.29, 0.717) is 37.7 Å². The highest BCUT2D eigenvalue weighted by Crippen LogP contribution is 2.37. The number of sulfone groups is 1. The topological polar surface area (TPSA) is 105 Å². The summed E-state index contributed by atoms with van der Waals surface area (Å²) in [6.45, 7) is 7.10. The monoisotopic (exact) mass is 579 g/mol. The molecule has 12 heteroatoms. The van der Waals surface area contributed by atoms with Gasteiger partial charge in [-0.05, 0) is 77.1 Å². The average molecular weight is 580 g/mol. The maximum absolute atomic E-state index is 15.4. The fourth-order valence-corrected chi connectivity index (χ4v) is 6.69. The van der Waals surface area contributed by atoms with Crippen LogP contribution in [0.15, 0.2) is 30.7 Å². The van der Waals surface area contributed by atoms with Crippen LogP contribution in [0.3, 0.4) is 0 Å². The molecule has 1 aromatic heterocycles. The molecule has 9 nitrogen and oxygen atoms in total. The first-order chi connectivity index (χ1) is 18.9. The third-order valence-corrected chi connectivity index (χ3v) is 9.48. The Morgan fingerprint density at radius 3 is 2.55 bits per heavy atom. The number of aromatic nitrogens is 2. The van der Waals surface area contributed by atoms with Crippen LogP contribution in [0.2, 0.25) is 0 Å². The fraction of sp³-hybridized carbons (Fsp3) is 0.607. The van der Waals surface area contributed by atoms with Crippen molar-refractivity contribution in [2.24, 2.45) is 5.92 Å². The first-order valence-electron chi connectivity index (χ1n) is 13.8. The molecule has 1 saturated heterocycles. The lowest BCUT2D eigenvalue weighted by Crippen LogP contribution is -2.64. The molecule has 0 radical (unpaired) electrons. The number of carbonyl (C=O) groups is 1. The fourth-order valence-electron chi connectivity index (χ4n) is 5.56. The van der Waals surface area contributed by atoms with Crippen molar-refractivity contribution in [3.8, 4) is 11.5 Å². The van der Waals surface area contributed by atoms with Gasteiger partial charge in [0.1, 0.15) is 27.7 Å². The van der Waals surface area contributed by atoms with Crippen molar-refractivity contribution in [1.82, 2.24) is 20.2 Å². The zero-order valence-electron chi connectivity index (χ0n) is 23.6. The Bertz CT molecular complexity index is 1300. The summed E-state index contributed by atoms with van der Waals surface area (Å²) in [6, 6.07) is 3.69. The van der Waals surface area contributed by atoms with Gasteiger partial charge in [-0.15, -0.1) is 0 Å². The molecule has 2 aromatic rings. The number of carbonyl (C=O) groups excluding carboxylic acids is 1. The normalized spacial score (nSPS) is 20.7. The van der Waals surface area contributed by atoms with E-state index in [1.165, 1.54) is 30.9 Å². The van der Waals surface area contributed by atoms with Crippen molar-refractivity contribution in [3.63, 3.8) is 0 Å². The van der Waals surface area contributed by atoms with Crippen LogP contribution < -0.4 is 15.0 Å². The van der Waals surface area contributed by atoms with Crippen LogP contribution in [0.25, 0.3) is 0 Å². The van der Waals surface area contributed by atoms with Crippen molar-refractivity contribution in [2.75, 3.05) is 43.9 Å². The second kappa shape index (κ2) is 12.3. The summed E-state index contributed by atoms with van der Waals surface area (Å²) < 4.78 is 59.1. The van der Waals surface area contributed by atoms with Gasteiger partial charge >= 0.3 is 0 Å². The molecule has 1 aromatic carbocycles. The van der Waals surface area contributed by atoms with Gasteiger partial charge in [0.15, 0.2) is 17.2 Å². The van der Waals surface area contributed by atoms with Gasteiger partial charge in [-0.3, -0.25) is 4.79 Å². The van der Waals surface area contributed by atoms with E-state index >= 15 is 4.39 Å². The Hall–Kier alpha value is -2.86. The highest BCUT2D eigenvalue weighted by molar-refractivity contribution is 7.91. The number of amides is 1. The van der Waals surface area contributed by atoms with Crippen LogP contribution in [0, 0.1) is 11.7 Å². The van der Waals surface area contributed by atoms with E-state index < -0.39 is 21.3 Å². The number of rotatable bonds is 11. The summed E-state index contributed by atoms with van der Waals surface area (Å²) in [6.07, 6.45) is 7.04. The quantitative estimate of drug-likeness (QED) is 0.426. The molecule has 0 bridgehead atoms. The number of halogens is 2. The zero-order chi connectivity index (χ0) is 29.1. The van der Waals surface area contributed by atoms with Crippen LogP contribution in [0.5, 0.6) is 11.5 Å². The van der Waals surface area contributed by atoms with Crippen LogP contribution in [0.4, 0.5) is 14.6 Å². The molecule has 2 aliphatic rings. The molecule has 2 heterocycles. The molecular weight excluding hydrogens is 540 g/mol. The summed E-state index contributed by atoms with van der Waals surface area (Å²) in [4.78, 5) is 24.9. The number of ether oxygens (including phenoxy) is 1. The standard InChI is InChI=1S/C28H39F2N5O4S/c1-5-35(19(2)3)27(36)23-12-21(29)8-11-24(23)39-25-14-32-18-33-26(25)34-16-28(30,17-34)15-31-13-20-6-9-22(10-7-20)40(4,37)38/h8,11-12,14,18-20,22,31H,5-7,9-10,13,15-17H2,1-4H3. The molecule has 220 valence electrons. The Morgan fingerprint density at radius 2 is 1.93 bits per heavy atom. The predicted molar refractivity (Wildman–Crippen MR) is 150 cm³/mol. The van der Waals surface area contributed by atoms with Gasteiger partial charge in [-0.25, -0.2) is 27.2 Å². The van der Waals surface area contributed by atoms with E-state index in [0.717, 1.165) is 18.9 Å². The van der Waals surface area contributed by atoms with Crippen LogP contribution in [0.1, 0.15) is 56.8 Å². The molecule has 4 rings (SSSR count). The highest BCUT2D eigenvalue weighted by Gasteiger charge is 2.45. The number of anilines is 1. The number of nitrogens with zero attached hydrogens (tertiary/aromatic N) is 4. The largest absolute Gasteiger partial charge is 0.451 e. The van der Waals surface area contributed by atoms with Crippen molar-refractivity contribution < 1.29 is 26.7 Å². The van der Waals surface area contributed by atoms with E-state index in [2.05, 4.69) is 15.3 Å². The van der Waals surface area contributed by atoms with Crippen molar-refractivity contribution in [1.29, 1.82) is 0 Å². The molecule has 1 N–H and O–H groups in total. The number of alkyl halides is 1. The summed E-state index contributed by atoms with van der Waals surface area (Å²) in [7, 11) is -3.00. The highest BCUT2D eigenvalue weighted by atomic mass is 32.2. The Balaban J connectivity index is 1.37. The van der Waals surface area contributed by atoms with E-state index in [1.807, 2.05) is 20.8 Å². The summed E-state index contributed by atoms with van der Waals surface area (Å²) in [5.41, 5.74) is -1.37. The third-order valence-electron chi connectivity index (χ3n) is 7.80. The molecule has 1 aliphatic heterocycles. The second-order valence-electron chi connectivity index (χ2n) is 11.2. The first-order valence-corrected chi connectivity index (χ1v) is 15.8. The Labute approximate surface area is 235 Å². The van der Waals surface area contributed by atoms with Gasteiger partial charge in [-0.2, -0.15) is 0 Å². The molecular formula is C28H39F2N5O4S. The van der Waals surface area contributed by atoms with Crippen molar-refractivity contribution in [3.05, 3.63) is 42.1 Å². The smallest absolute Gasteiger partial charge is 0.257 e. The van der Waals surface area contributed by atoms with Crippen molar-refractivity contribution in [2.45, 2.75) is 63.4 Å². The molecule has 1 amide bonds. The molecule has 0 atom stereocenters. The SMILES string of the molecule is CCN(C(=O)c1cc(F)ccc1Oc1cncnc1N1CC(F)(CNCC2CCC(S(C)(=O)=O)CC2)C1)C(C)C.